The van der Waals surface area contributed by atoms with Crippen LogP contribution in [0.1, 0.15) is 29.2 Å². The second-order valence-corrected chi connectivity index (χ2v) is 9.43. The Hall–Kier alpha value is -3.12. The van der Waals surface area contributed by atoms with Crippen LogP contribution < -0.4 is 0 Å². The van der Waals surface area contributed by atoms with Gasteiger partial charge in [-0.3, -0.25) is 4.79 Å². The summed E-state index contributed by atoms with van der Waals surface area (Å²) in [6.07, 6.45) is 0.896. The molecule has 3 aromatic rings. The minimum atomic E-state index is -0.817. The number of ether oxygens (including phenoxy) is 2. The summed E-state index contributed by atoms with van der Waals surface area (Å²) in [4.78, 5) is 28.0. The van der Waals surface area contributed by atoms with Crippen molar-refractivity contribution < 1.29 is 19.1 Å². The van der Waals surface area contributed by atoms with Gasteiger partial charge < -0.3 is 9.47 Å². The molecule has 0 radical (unpaired) electrons. The third-order valence-corrected chi connectivity index (χ3v) is 6.83. The maximum Gasteiger partial charge on any atom is 0.416 e. The molecule has 1 unspecified atom stereocenters. The summed E-state index contributed by atoms with van der Waals surface area (Å²) < 4.78 is 11.7. The van der Waals surface area contributed by atoms with E-state index >= 15 is 0 Å². The lowest BCUT2D eigenvalue weighted by atomic mass is 9.90. The summed E-state index contributed by atoms with van der Waals surface area (Å²) in [5.41, 5.74) is 2.44. The number of halogens is 2. The summed E-state index contributed by atoms with van der Waals surface area (Å²) in [6.45, 7) is 4.20. The maximum atomic E-state index is 14.0. The summed E-state index contributed by atoms with van der Waals surface area (Å²) >= 11 is 13.1. The van der Waals surface area contributed by atoms with Gasteiger partial charge >= 0.3 is 6.09 Å². The lowest BCUT2D eigenvalue weighted by molar-refractivity contribution is -0.139. The standard InChI is InChI=1S/C29H27Cl2NO4/c1-2-10-23(28(33)32-22(19-36-29(32)34)17-20-11-5-3-6-12-20)27(26-24(30)15-9-16-25(26)31)35-18-21-13-7-4-8-14-21/h2-9,11-16,22-23,27H,1,10,17-19H2/t22-,23+,27?/m1/s1. The molecule has 1 heterocycles. The van der Waals surface area contributed by atoms with Crippen LogP contribution in [0.3, 0.4) is 0 Å². The Morgan fingerprint density at radius 3 is 2.22 bits per heavy atom. The van der Waals surface area contributed by atoms with Crippen LogP contribution in [0, 0.1) is 5.92 Å². The van der Waals surface area contributed by atoms with Crippen molar-refractivity contribution in [3.63, 3.8) is 0 Å². The first-order chi connectivity index (χ1) is 17.5. The van der Waals surface area contributed by atoms with Crippen molar-refractivity contribution in [3.8, 4) is 0 Å². The van der Waals surface area contributed by atoms with E-state index < -0.39 is 30.1 Å². The molecule has 186 valence electrons. The van der Waals surface area contributed by atoms with E-state index in [9.17, 15) is 9.59 Å². The number of amides is 2. The molecule has 1 saturated heterocycles. The average molecular weight is 524 g/mol. The van der Waals surface area contributed by atoms with Gasteiger partial charge in [0.15, 0.2) is 0 Å². The third kappa shape index (κ3) is 5.98. The monoisotopic (exact) mass is 523 g/mol. The van der Waals surface area contributed by atoms with Crippen LogP contribution in [-0.2, 0) is 27.3 Å². The maximum absolute atomic E-state index is 14.0. The molecule has 7 heteroatoms. The first-order valence-corrected chi connectivity index (χ1v) is 12.5. The molecule has 0 saturated carbocycles. The number of allylic oxidation sites excluding steroid dienone is 1. The van der Waals surface area contributed by atoms with Crippen molar-refractivity contribution in [2.24, 2.45) is 5.92 Å². The van der Waals surface area contributed by atoms with Gasteiger partial charge in [0.25, 0.3) is 0 Å². The molecule has 0 bridgehead atoms. The number of imide groups is 1. The first-order valence-electron chi connectivity index (χ1n) is 11.7. The van der Waals surface area contributed by atoms with Crippen LogP contribution in [0.25, 0.3) is 0 Å². The first kappa shape index (κ1) is 26.0. The highest BCUT2D eigenvalue weighted by atomic mass is 35.5. The topological polar surface area (TPSA) is 55.8 Å². The van der Waals surface area contributed by atoms with Gasteiger partial charge in [0.2, 0.25) is 5.91 Å². The highest BCUT2D eigenvalue weighted by molar-refractivity contribution is 6.36. The Morgan fingerprint density at radius 2 is 1.61 bits per heavy atom. The molecule has 1 aliphatic rings. The normalized spacial score (nSPS) is 16.9. The van der Waals surface area contributed by atoms with Crippen molar-refractivity contribution in [2.45, 2.75) is 31.6 Å². The smallest absolute Gasteiger partial charge is 0.416 e. The average Bonchev–Trinajstić information content (AvgIpc) is 3.25. The fourth-order valence-corrected chi connectivity index (χ4v) is 5.03. The molecular weight excluding hydrogens is 497 g/mol. The van der Waals surface area contributed by atoms with E-state index in [1.54, 1.807) is 24.3 Å². The SMILES string of the molecule is C=CC[C@H](C(=O)N1C(=O)OC[C@H]1Cc1ccccc1)C(OCc1ccccc1)c1c(Cl)cccc1Cl. The molecule has 36 heavy (non-hydrogen) atoms. The predicted molar refractivity (Wildman–Crippen MR) is 141 cm³/mol. The molecule has 0 spiro atoms. The van der Waals surface area contributed by atoms with E-state index in [2.05, 4.69) is 6.58 Å². The number of nitrogens with zero attached hydrogens (tertiary/aromatic N) is 1. The van der Waals surface area contributed by atoms with E-state index in [4.69, 9.17) is 32.7 Å². The number of cyclic esters (lactones) is 1. The van der Waals surface area contributed by atoms with Crippen molar-refractivity contribution in [1.82, 2.24) is 4.90 Å². The number of hydrogen-bond acceptors (Lipinski definition) is 4. The lowest BCUT2D eigenvalue weighted by Gasteiger charge is -2.31. The van der Waals surface area contributed by atoms with Crippen LogP contribution in [0.2, 0.25) is 10.0 Å². The highest BCUT2D eigenvalue weighted by Crippen LogP contribution is 2.40. The fraction of sp³-hybridized carbons (Fsp3) is 0.241. The largest absolute Gasteiger partial charge is 0.447 e. The zero-order valence-electron chi connectivity index (χ0n) is 19.7. The molecule has 1 fully saturated rings. The molecule has 1 aliphatic heterocycles. The van der Waals surface area contributed by atoms with Gasteiger partial charge in [-0.1, -0.05) is 96.0 Å². The Morgan fingerprint density at radius 1 is 1.00 bits per heavy atom. The zero-order chi connectivity index (χ0) is 25.5. The van der Waals surface area contributed by atoms with Crippen LogP contribution in [0.15, 0.2) is 91.5 Å². The summed E-state index contributed by atoms with van der Waals surface area (Å²) in [7, 11) is 0. The second-order valence-electron chi connectivity index (χ2n) is 8.61. The molecule has 4 rings (SSSR count). The van der Waals surface area contributed by atoms with Gasteiger partial charge in [-0.2, -0.15) is 0 Å². The highest BCUT2D eigenvalue weighted by Gasteiger charge is 2.44. The summed E-state index contributed by atoms with van der Waals surface area (Å²) in [5, 5.41) is 0.763. The lowest BCUT2D eigenvalue weighted by Crippen LogP contribution is -2.45. The van der Waals surface area contributed by atoms with Crippen molar-refractivity contribution in [3.05, 3.63) is 118 Å². The number of benzene rings is 3. The Kier molecular flexibility index (Phi) is 8.81. The van der Waals surface area contributed by atoms with Gasteiger partial charge in [-0.25, -0.2) is 9.69 Å². The fourth-order valence-electron chi connectivity index (χ4n) is 4.42. The number of carbonyl (C=O) groups excluding carboxylic acids is 2. The van der Waals surface area contributed by atoms with Gasteiger partial charge in [0, 0.05) is 15.6 Å². The molecule has 2 amide bonds. The molecule has 3 atom stereocenters. The number of carbonyl (C=O) groups is 2. The van der Waals surface area contributed by atoms with Crippen LogP contribution in [0.5, 0.6) is 0 Å². The number of rotatable bonds is 10. The van der Waals surface area contributed by atoms with Crippen LogP contribution >= 0.6 is 23.2 Å². The van der Waals surface area contributed by atoms with E-state index in [0.29, 0.717) is 22.0 Å². The molecule has 0 N–H and O–H groups in total. The number of hydrogen-bond donors (Lipinski definition) is 0. The molecule has 0 aromatic heterocycles. The van der Waals surface area contributed by atoms with Crippen molar-refractivity contribution >= 4 is 35.2 Å². The molecular formula is C29H27Cl2NO4. The van der Waals surface area contributed by atoms with Crippen LogP contribution in [0.4, 0.5) is 4.79 Å². The minimum absolute atomic E-state index is 0.128. The van der Waals surface area contributed by atoms with Crippen LogP contribution in [-0.4, -0.2) is 29.5 Å². The third-order valence-electron chi connectivity index (χ3n) is 6.17. The van der Waals surface area contributed by atoms with E-state index in [1.165, 1.54) is 4.90 Å². The predicted octanol–water partition coefficient (Wildman–Crippen LogP) is 7.03. The van der Waals surface area contributed by atoms with Crippen molar-refractivity contribution in [1.29, 1.82) is 0 Å². The second kappa shape index (κ2) is 12.2. The molecule has 0 aliphatic carbocycles. The van der Waals surface area contributed by atoms with E-state index in [1.807, 2.05) is 60.7 Å². The Balaban J connectivity index is 1.68. The Bertz CT molecular complexity index is 1180. The van der Waals surface area contributed by atoms with E-state index in [0.717, 1.165) is 11.1 Å². The summed E-state index contributed by atoms with van der Waals surface area (Å²) in [6, 6.07) is 24.0. The van der Waals surface area contributed by atoms with E-state index in [-0.39, 0.29) is 19.6 Å². The van der Waals surface area contributed by atoms with Gasteiger partial charge in [-0.05, 0) is 36.1 Å². The van der Waals surface area contributed by atoms with Gasteiger partial charge in [-0.15, -0.1) is 6.58 Å². The summed E-state index contributed by atoms with van der Waals surface area (Å²) in [5.74, 6) is -1.21. The minimum Gasteiger partial charge on any atom is -0.447 e. The zero-order valence-corrected chi connectivity index (χ0v) is 21.2. The Labute approximate surface area is 221 Å². The molecule has 5 nitrogen and oxygen atoms in total. The quantitative estimate of drug-likeness (QED) is 0.267. The van der Waals surface area contributed by atoms with Crippen molar-refractivity contribution in [2.75, 3.05) is 6.61 Å². The molecule has 3 aromatic carbocycles. The van der Waals surface area contributed by atoms with Gasteiger partial charge in [0.05, 0.1) is 24.7 Å². The van der Waals surface area contributed by atoms with Gasteiger partial charge in [0.1, 0.15) is 6.61 Å².